The maximum absolute atomic E-state index is 13.0. The third-order valence-electron chi connectivity index (χ3n) is 5.17. The van der Waals surface area contributed by atoms with Crippen LogP contribution in [-0.2, 0) is 0 Å². The average Bonchev–Trinajstić information content (AvgIpc) is 3.20. The number of H-pyrrole nitrogens is 1. The van der Waals surface area contributed by atoms with Gasteiger partial charge in [-0.25, -0.2) is 4.99 Å². The fourth-order valence-corrected chi connectivity index (χ4v) is 3.80. The number of aryl methyl sites for hydroxylation is 1. The summed E-state index contributed by atoms with van der Waals surface area (Å²) in [7, 11) is 0. The molecule has 1 atom stereocenters. The molecule has 1 fully saturated rings. The van der Waals surface area contributed by atoms with Crippen LogP contribution in [0.1, 0.15) is 22.3 Å². The van der Waals surface area contributed by atoms with E-state index in [0.29, 0.717) is 30.1 Å². The minimum absolute atomic E-state index is 0.250. The number of aliphatic imine (C=N–C) groups is 1. The second kappa shape index (κ2) is 4.80. The lowest BCUT2D eigenvalue weighted by Gasteiger charge is -2.29. The van der Waals surface area contributed by atoms with Gasteiger partial charge in [0.2, 0.25) is 5.78 Å². The first-order valence-electron chi connectivity index (χ1n) is 8.38. The summed E-state index contributed by atoms with van der Waals surface area (Å²) in [4.78, 5) is 22.8. The minimum Gasteiger partial charge on any atom is -0.374 e. The van der Waals surface area contributed by atoms with Gasteiger partial charge in [-0.15, -0.1) is 0 Å². The zero-order chi connectivity index (χ0) is 17.2. The highest BCUT2D eigenvalue weighted by Gasteiger charge is 2.52. The Bertz CT molecular complexity index is 1070. The lowest BCUT2D eigenvalue weighted by molar-refractivity contribution is 0.0602. The van der Waals surface area contributed by atoms with Gasteiger partial charge < -0.3 is 15.0 Å². The summed E-state index contributed by atoms with van der Waals surface area (Å²) in [6.07, 6.45) is 2.25. The van der Waals surface area contributed by atoms with Crippen molar-refractivity contribution in [3.8, 4) is 0 Å². The van der Waals surface area contributed by atoms with Crippen LogP contribution < -0.4 is 4.90 Å². The molecule has 0 unspecified atom stereocenters. The Labute approximate surface area is 144 Å². The molecule has 2 aliphatic rings. The molecule has 1 aromatic heterocycles. The predicted molar refractivity (Wildman–Crippen MR) is 97.8 cm³/mol. The fourth-order valence-electron chi connectivity index (χ4n) is 3.80. The molecule has 5 heteroatoms. The van der Waals surface area contributed by atoms with E-state index in [0.717, 1.165) is 22.2 Å². The summed E-state index contributed by atoms with van der Waals surface area (Å²) in [5.74, 6) is 0.180. The first-order valence-corrected chi connectivity index (χ1v) is 8.38. The number of amidine groups is 1. The van der Waals surface area contributed by atoms with Gasteiger partial charge in [-0.3, -0.25) is 4.79 Å². The van der Waals surface area contributed by atoms with E-state index in [1.165, 1.54) is 0 Å². The van der Waals surface area contributed by atoms with E-state index in [-0.39, 0.29) is 5.78 Å². The number of hydrogen-bond acceptors (Lipinski definition) is 4. The fraction of sp³-hybridized carbons (Fsp3) is 0.200. The number of aliphatic hydroxyl groups is 1. The zero-order valence-electron chi connectivity index (χ0n) is 13.8. The van der Waals surface area contributed by atoms with Gasteiger partial charge in [0.25, 0.3) is 0 Å². The van der Waals surface area contributed by atoms with Crippen LogP contribution in [0.25, 0.3) is 10.9 Å². The number of nitrogens with one attached hydrogen (secondary N) is 1. The van der Waals surface area contributed by atoms with Crippen molar-refractivity contribution in [3.05, 3.63) is 59.8 Å². The first-order chi connectivity index (χ1) is 12.1. The summed E-state index contributed by atoms with van der Waals surface area (Å²) >= 11 is 0. The Kier molecular flexibility index (Phi) is 2.77. The van der Waals surface area contributed by atoms with Crippen LogP contribution in [0.5, 0.6) is 0 Å². The van der Waals surface area contributed by atoms with E-state index in [2.05, 4.69) is 9.98 Å². The molecule has 0 aliphatic carbocycles. The van der Waals surface area contributed by atoms with Crippen molar-refractivity contribution < 1.29 is 9.90 Å². The van der Waals surface area contributed by atoms with Crippen molar-refractivity contribution in [1.29, 1.82) is 0 Å². The highest BCUT2D eigenvalue weighted by Crippen LogP contribution is 2.40. The normalized spacial score (nSPS) is 22.1. The summed E-state index contributed by atoms with van der Waals surface area (Å²) in [6, 6.07) is 13.7. The van der Waals surface area contributed by atoms with Crippen LogP contribution in [0.4, 0.5) is 11.4 Å². The van der Waals surface area contributed by atoms with E-state index in [1.807, 2.05) is 60.5 Å². The maximum atomic E-state index is 13.0. The first kappa shape index (κ1) is 14.4. The standard InChI is InChI=1S/C20H17N3O2/c1-12-2-5-16-15(10-12)18(24)20(25)7-9-23(19(20)22-16)14-4-3-13-6-8-21-17(13)11-14/h2-6,8,10-11,21,25H,7,9H2,1H3/t20-/m1/s1. The highest BCUT2D eigenvalue weighted by molar-refractivity contribution is 6.28. The Morgan fingerprint density at radius 2 is 2.08 bits per heavy atom. The molecule has 0 spiro atoms. The Hall–Kier alpha value is -2.92. The third kappa shape index (κ3) is 1.93. The van der Waals surface area contributed by atoms with Crippen molar-refractivity contribution in [3.63, 3.8) is 0 Å². The monoisotopic (exact) mass is 331 g/mol. The zero-order valence-corrected chi connectivity index (χ0v) is 13.8. The van der Waals surface area contributed by atoms with Crippen molar-refractivity contribution in [1.82, 2.24) is 4.98 Å². The molecule has 0 radical (unpaired) electrons. The van der Waals surface area contributed by atoms with Gasteiger partial charge in [0.1, 0.15) is 5.84 Å². The second-order valence-corrected chi connectivity index (χ2v) is 6.80. The number of aromatic nitrogens is 1. The molecule has 3 aromatic rings. The Morgan fingerprint density at radius 3 is 2.96 bits per heavy atom. The summed E-state index contributed by atoms with van der Waals surface area (Å²) in [6.45, 7) is 2.49. The molecule has 2 aliphatic heterocycles. The quantitative estimate of drug-likeness (QED) is 0.718. The lowest BCUT2D eigenvalue weighted by Crippen LogP contribution is -2.48. The van der Waals surface area contributed by atoms with Gasteiger partial charge in [0.05, 0.1) is 5.69 Å². The van der Waals surface area contributed by atoms with E-state index >= 15 is 0 Å². The summed E-state index contributed by atoms with van der Waals surface area (Å²) in [5, 5.41) is 12.2. The number of Topliss-reactive ketones (excluding diaryl/α,β-unsaturated/α-hetero) is 1. The number of aromatic amines is 1. The van der Waals surface area contributed by atoms with Crippen molar-refractivity contribution in [2.75, 3.05) is 11.4 Å². The highest BCUT2D eigenvalue weighted by atomic mass is 16.3. The number of ketones is 1. The van der Waals surface area contributed by atoms with Crippen LogP contribution in [0.2, 0.25) is 0 Å². The van der Waals surface area contributed by atoms with Gasteiger partial charge >= 0.3 is 0 Å². The van der Waals surface area contributed by atoms with Crippen LogP contribution in [0, 0.1) is 6.92 Å². The van der Waals surface area contributed by atoms with Gasteiger partial charge in [-0.05, 0) is 42.6 Å². The van der Waals surface area contributed by atoms with Crippen molar-refractivity contribution in [2.45, 2.75) is 18.9 Å². The molecule has 0 saturated carbocycles. The number of nitrogens with zero attached hydrogens (tertiary/aromatic N) is 2. The van der Waals surface area contributed by atoms with Crippen LogP contribution >= 0.6 is 0 Å². The molecule has 3 heterocycles. The Morgan fingerprint density at radius 1 is 1.20 bits per heavy atom. The molecule has 124 valence electrons. The molecule has 2 N–H and O–H groups in total. The number of fused-ring (bicyclic) bond motifs is 3. The van der Waals surface area contributed by atoms with Gasteiger partial charge in [-0.1, -0.05) is 17.7 Å². The number of benzene rings is 2. The molecular weight excluding hydrogens is 314 g/mol. The van der Waals surface area contributed by atoms with Crippen LogP contribution in [0.15, 0.2) is 53.7 Å². The summed E-state index contributed by atoms with van der Waals surface area (Å²) < 4.78 is 0. The molecule has 2 aromatic carbocycles. The van der Waals surface area contributed by atoms with Gasteiger partial charge in [0, 0.05) is 35.9 Å². The van der Waals surface area contributed by atoms with Gasteiger partial charge in [0.15, 0.2) is 5.60 Å². The van der Waals surface area contributed by atoms with Gasteiger partial charge in [-0.2, -0.15) is 0 Å². The van der Waals surface area contributed by atoms with Crippen molar-refractivity contribution >= 4 is 33.9 Å². The van der Waals surface area contributed by atoms with E-state index < -0.39 is 5.60 Å². The topological polar surface area (TPSA) is 68.7 Å². The minimum atomic E-state index is -1.54. The van der Waals surface area contributed by atoms with Crippen LogP contribution in [-0.4, -0.2) is 33.9 Å². The summed E-state index contributed by atoms with van der Waals surface area (Å²) in [5.41, 5.74) is 2.53. The molecule has 5 rings (SSSR count). The van der Waals surface area contributed by atoms with E-state index in [4.69, 9.17) is 0 Å². The van der Waals surface area contributed by atoms with Crippen molar-refractivity contribution in [2.24, 2.45) is 4.99 Å². The molecule has 5 nitrogen and oxygen atoms in total. The number of carbonyl (C=O) groups excluding carboxylic acids is 1. The third-order valence-corrected chi connectivity index (χ3v) is 5.17. The SMILES string of the molecule is Cc1ccc2c(c1)C(=O)[C@]1(O)CCN(c3ccc4cc[nH]c4c3)C1=N2. The van der Waals surface area contributed by atoms with Crippen LogP contribution in [0.3, 0.4) is 0 Å². The smallest absolute Gasteiger partial charge is 0.204 e. The molecule has 0 amide bonds. The predicted octanol–water partition coefficient (Wildman–Crippen LogP) is 3.34. The average molecular weight is 331 g/mol. The molecule has 0 bridgehead atoms. The number of carbonyl (C=O) groups is 1. The number of rotatable bonds is 1. The van der Waals surface area contributed by atoms with E-state index in [9.17, 15) is 9.90 Å². The molecule has 25 heavy (non-hydrogen) atoms. The molecule has 1 saturated heterocycles. The number of hydrogen-bond donors (Lipinski definition) is 2. The molecular formula is C20H17N3O2. The van der Waals surface area contributed by atoms with E-state index in [1.54, 1.807) is 0 Å². The number of anilines is 1. The lowest BCUT2D eigenvalue weighted by atomic mass is 9.87. The maximum Gasteiger partial charge on any atom is 0.204 e. The second-order valence-electron chi connectivity index (χ2n) is 6.80. The largest absolute Gasteiger partial charge is 0.374 e. The Balaban J connectivity index is 1.67.